The molecule has 2 heterocycles. The summed E-state index contributed by atoms with van der Waals surface area (Å²) in [5.41, 5.74) is 2.88. The molecule has 0 unspecified atom stereocenters. The van der Waals surface area contributed by atoms with Crippen molar-refractivity contribution in [3.63, 3.8) is 0 Å². The summed E-state index contributed by atoms with van der Waals surface area (Å²) in [6.45, 7) is 6.90. The molecule has 9 heteroatoms. The molecule has 1 aliphatic heterocycles. The number of sulfonamides is 1. The second-order valence-corrected chi connectivity index (χ2v) is 10.4. The van der Waals surface area contributed by atoms with Gasteiger partial charge in [0.25, 0.3) is 5.91 Å². The fraction of sp³-hybridized carbons (Fsp3) is 0.333. The summed E-state index contributed by atoms with van der Waals surface area (Å²) in [6.07, 6.45) is 1.54. The SMILES string of the molecule is Cc1ccc(S(=O)(=O)N2CCN(C(=O)c3cnn(-c4ccc(F)cc4)c3C(C)C)CC2)cc1. The van der Waals surface area contributed by atoms with Crippen molar-refractivity contribution in [3.05, 3.63) is 77.4 Å². The van der Waals surface area contributed by atoms with Crippen molar-refractivity contribution in [3.8, 4) is 5.69 Å². The lowest BCUT2D eigenvalue weighted by atomic mass is 10.0. The molecule has 0 spiro atoms. The van der Waals surface area contributed by atoms with Gasteiger partial charge in [-0.05, 0) is 49.2 Å². The van der Waals surface area contributed by atoms with Crippen molar-refractivity contribution >= 4 is 15.9 Å². The van der Waals surface area contributed by atoms with Crippen molar-refractivity contribution < 1.29 is 17.6 Å². The smallest absolute Gasteiger partial charge is 0.257 e. The third-order valence-electron chi connectivity index (χ3n) is 5.84. The van der Waals surface area contributed by atoms with Crippen LogP contribution in [0.1, 0.15) is 41.4 Å². The molecule has 0 bridgehead atoms. The van der Waals surface area contributed by atoms with E-state index < -0.39 is 10.0 Å². The van der Waals surface area contributed by atoms with E-state index in [0.717, 1.165) is 11.3 Å². The second kappa shape index (κ2) is 9.07. The Bertz CT molecular complexity index is 1240. The molecular weight excluding hydrogens is 443 g/mol. The molecule has 1 aliphatic rings. The second-order valence-electron chi connectivity index (χ2n) is 8.50. The fourth-order valence-electron chi connectivity index (χ4n) is 4.03. The van der Waals surface area contributed by atoms with Crippen LogP contribution in [0.4, 0.5) is 4.39 Å². The van der Waals surface area contributed by atoms with E-state index in [1.54, 1.807) is 46.0 Å². The van der Waals surface area contributed by atoms with Gasteiger partial charge in [-0.2, -0.15) is 9.40 Å². The van der Waals surface area contributed by atoms with Gasteiger partial charge in [0.1, 0.15) is 5.82 Å². The summed E-state index contributed by atoms with van der Waals surface area (Å²) in [4.78, 5) is 15.3. The number of amides is 1. The average Bonchev–Trinajstić information content (AvgIpc) is 3.25. The molecule has 1 aromatic heterocycles. The van der Waals surface area contributed by atoms with Crippen molar-refractivity contribution in [1.29, 1.82) is 0 Å². The Balaban J connectivity index is 1.52. The molecule has 1 fully saturated rings. The highest BCUT2D eigenvalue weighted by molar-refractivity contribution is 7.89. The first kappa shape index (κ1) is 23.1. The lowest BCUT2D eigenvalue weighted by Gasteiger charge is -2.34. The van der Waals surface area contributed by atoms with E-state index in [1.165, 1.54) is 22.6 Å². The van der Waals surface area contributed by atoms with Crippen LogP contribution < -0.4 is 0 Å². The van der Waals surface area contributed by atoms with Gasteiger partial charge >= 0.3 is 0 Å². The summed E-state index contributed by atoms with van der Waals surface area (Å²) in [5, 5.41) is 4.39. The largest absolute Gasteiger partial charge is 0.336 e. The van der Waals surface area contributed by atoms with Gasteiger partial charge in [-0.15, -0.1) is 0 Å². The van der Waals surface area contributed by atoms with Crippen LogP contribution in [0.2, 0.25) is 0 Å². The first-order valence-corrected chi connectivity index (χ1v) is 12.3. The van der Waals surface area contributed by atoms with E-state index in [1.807, 2.05) is 20.8 Å². The molecule has 33 heavy (non-hydrogen) atoms. The van der Waals surface area contributed by atoms with Gasteiger partial charge in [0.2, 0.25) is 10.0 Å². The van der Waals surface area contributed by atoms with Gasteiger partial charge in [0, 0.05) is 26.2 Å². The number of aryl methyl sites for hydroxylation is 1. The summed E-state index contributed by atoms with van der Waals surface area (Å²) < 4.78 is 42.3. The number of carbonyl (C=O) groups excluding carboxylic acids is 1. The van der Waals surface area contributed by atoms with Gasteiger partial charge in [0.15, 0.2) is 0 Å². The minimum absolute atomic E-state index is 0.000271. The topological polar surface area (TPSA) is 75.5 Å². The Labute approximate surface area is 193 Å². The van der Waals surface area contributed by atoms with Crippen LogP contribution in [0.5, 0.6) is 0 Å². The van der Waals surface area contributed by atoms with Crippen LogP contribution in [0.3, 0.4) is 0 Å². The summed E-state index contributed by atoms with van der Waals surface area (Å²) in [5.74, 6) is -0.522. The minimum Gasteiger partial charge on any atom is -0.336 e. The lowest BCUT2D eigenvalue weighted by Crippen LogP contribution is -2.50. The van der Waals surface area contributed by atoms with Crippen LogP contribution >= 0.6 is 0 Å². The molecule has 7 nitrogen and oxygen atoms in total. The Kier molecular flexibility index (Phi) is 6.36. The fourth-order valence-corrected chi connectivity index (χ4v) is 5.45. The van der Waals surface area contributed by atoms with E-state index >= 15 is 0 Å². The maximum atomic E-state index is 13.3. The molecule has 4 rings (SSSR count). The lowest BCUT2D eigenvalue weighted by molar-refractivity contribution is 0.0696. The molecule has 1 saturated heterocycles. The molecule has 2 aromatic carbocycles. The van der Waals surface area contributed by atoms with Crippen molar-refractivity contribution in [2.24, 2.45) is 0 Å². The Morgan fingerprint density at radius 2 is 1.58 bits per heavy atom. The first-order valence-electron chi connectivity index (χ1n) is 10.9. The molecule has 3 aromatic rings. The normalized spacial score (nSPS) is 15.2. The zero-order valence-electron chi connectivity index (χ0n) is 18.9. The number of hydrogen-bond acceptors (Lipinski definition) is 4. The number of halogens is 1. The Morgan fingerprint density at radius 3 is 2.15 bits per heavy atom. The number of hydrogen-bond donors (Lipinski definition) is 0. The number of carbonyl (C=O) groups is 1. The number of rotatable bonds is 5. The Morgan fingerprint density at radius 1 is 0.970 bits per heavy atom. The minimum atomic E-state index is -3.60. The standard InChI is InChI=1S/C24H27FN4O3S/c1-17(2)23-22(16-26-29(23)20-8-6-19(25)7-9-20)24(30)27-12-14-28(15-13-27)33(31,32)21-10-4-18(3)5-11-21/h4-11,16-17H,12-15H2,1-3H3. The molecule has 0 radical (unpaired) electrons. The third-order valence-corrected chi connectivity index (χ3v) is 7.75. The van der Waals surface area contributed by atoms with E-state index in [-0.39, 0.29) is 35.6 Å². The average molecular weight is 471 g/mol. The van der Waals surface area contributed by atoms with E-state index in [2.05, 4.69) is 5.10 Å². The van der Waals surface area contributed by atoms with E-state index in [0.29, 0.717) is 24.3 Å². The highest BCUT2D eigenvalue weighted by atomic mass is 32.2. The van der Waals surface area contributed by atoms with Gasteiger partial charge < -0.3 is 4.90 Å². The van der Waals surface area contributed by atoms with Gasteiger partial charge in [-0.1, -0.05) is 31.5 Å². The number of piperazine rings is 1. The first-order chi connectivity index (χ1) is 15.7. The van der Waals surface area contributed by atoms with Crippen LogP contribution in [-0.4, -0.2) is 59.5 Å². The van der Waals surface area contributed by atoms with Crippen LogP contribution in [0.15, 0.2) is 59.6 Å². The number of aromatic nitrogens is 2. The summed E-state index contributed by atoms with van der Waals surface area (Å²) in [6, 6.07) is 12.7. The quantitative estimate of drug-likeness (QED) is 0.571. The molecular formula is C24H27FN4O3S. The molecule has 0 aliphatic carbocycles. The van der Waals surface area contributed by atoms with Crippen molar-refractivity contribution in [2.75, 3.05) is 26.2 Å². The molecule has 0 saturated carbocycles. The zero-order valence-corrected chi connectivity index (χ0v) is 19.7. The molecule has 0 atom stereocenters. The third kappa shape index (κ3) is 4.56. The predicted octanol–water partition coefficient (Wildman–Crippen LogP) is 3.59. The molecule has 0 N–H and O–H groups in total. The predicted molar refractivity (Wildman–Crippen MR) is 123 cm³/mol. The molecule has 1 amide bonds. The van der Waals surface area contributed by atoms with Gasteiger partial charge in [-0.25, -0.2) is 17.5 Å². The van der Waals surface area contributed by atoms with Crippen molar-refractivity contribution in [2.45, 2.75) is 31.6 Å². The maximum Gasteiger partial charge on any atom is 0.257 e. The molecule has 174 valence electrons. The highest BCUT2D eigenvalue weighted by Crippen LogP contribution is 2.25. The van der Waals surface area contributed by atoms with E-state index in [4.69, 9.17) is 0 Å². The highest BCUT2D eigenvalue weighted by Gasteiger charge is 2.32. The van der Waals surface area contributed by atoms with Crippen LogP contribution in [0.25, 0.3) is 5.69 Å². The van der Waals surface area contributed by atoms with Gasteiger partial charge in [-0.3, -0.25) is 4.79 Å². The monoisotopic (exact) mass is 470 g/mol. The summed E-state index contributed by atoms with van der Waals surface area (Å²) >= 11 is 0. The van der Waals surface area contributed by atoms with Crippen LogP contribution in [0, 0.1) is 12.7 Å². The van der Waals surface area contributed by atoms with E-state index in [9.17, 15) is 17.6 Å². The maximum absolute atomic E-state index is 13.3. The van der Waals surface area contributed by atoms with Crippen molar-refractivity contribution in [1.82, 2.24) is 19.0 Å². The number of nitrogens with zero attached hydrogens (tertiary/aromatic N) is 4. The van der Waals surface area contributed by atoms with Crippen LogP contribution in [-0.2, 0) is 10.0 Å². The number of benzene rings is 2. The Hall–Kier alpha value is -3.04. The van der Waals surface area contributed by atoms with Gasteiger partial charge in [0.05, 0.1) is 28.0 Å². The zero-order chi connectivity index (χ0) is 23.8. The summed E-state index contributed by atoms with van der Waals surface area (Å²) in [7, 11) is -3.60.